The summed E-state index contributed by atoms with van der Waals surface area (Å²) in [6.07, 6.45) is 1.89. The van der Waals surface area contributed by atoms with Gasteiger partial charge in [0.2, 0.25) is 10.0 Å². The van der Waals surface area contributed by atoms with Crippen LogP contribution >= 0.6 is 0 Å². The molecule has 3 rings (SSSR count). The number of sulfonamides is 1. The van der Waals surface area contributed by atoms with Crippen LogP contribution < -0.4 is 5.32 Å². The first-order chi connectivity index (χ1) is 12.4. The topological polar surface area (TPSA) is 84.3 Å². The zero-order chi connectivity index (χ0) is 18.9. The summed E-state index contributed by atoms with van der Waals surface area (Å²) in [7, 11) is -3.78. The van der Waals surface area contributed by atoms with Gasteiger partial charge in [0, 0.05) is 31.4 Å². The molecule has 1 aromatic heterocycles. The van der Waals surface area contributed by atoms with Gasteiger partial charge in [0.15, 0.2) is 5.82 Å². The number of aromatic nitrogens is 2. The number of hydrogen-bond acceptors (Lipinski definition) is 4. The maximum atomic E-state index is 14.1. The van der Waals surface area contributed by atoms with Gasteiger partial charge in [-0.2, -0.15) is 9.40 Å². The van der Waals surface area contributed by atoms with Crippen molar-refractivity contribution in [2.45, 2.75) is 38.1 Å². The fourth-order valence-corrected chi connectivity index (χ4v) is 4.54. The highest BCUT2D eigenvalue weighted by atomic mass is 32.2. The molecule has 26 heavy (non-hydrogen) atoms. The number of halogens is 1. The van der Waals surface area contributed by atoms with Gasteiger partial charge < -0.3 is 5.32 Å². The summed E-state index contributed by atoms with van der Waals surface area (Å²) in [5.74, 6) is -1.18. The Labute approximate surface area is 151 Å². The molecule has 0 unspecified atom stereocenters. The number of carbonyl (C=O) groups is 1. The number of amides is 1. The normalized spacial score (nSPS) is 13.8. The zero-order valence-corrected chi connectivity index (χ0v) is 15.5. The van der Waals surface area contributed by atoms with Crippen LogP contribution in [0.4, 0.5) is 10.2 Å². The van der Waals surface area contributed by atoms with Gasteiger partial charge in [0.25, 0.3) is 5.91 Å². The first kappa shape index (κ1) is 18.5. The Morgan fingerprint density at radius 3 is 2.69 bits per heavy atom. The molecule has 1 aromatic carbocycles. The van der Waals surface area contributed by atoms with Gasteiger partial charge in [0.1, 0.15) is 5.82 Å². The van der Waals surface area contributed by atoms with E-state index in [4.69, 9.17) is 0 Å². The van der Waals surface area contributed by atoms with Crippen LogP contribution in [0.3, 0.4) is 0 Å². The minimum absolute atomic E-state index is 0.111. The Morgan fingerprint density at radius 1 is 1.31 bits per heavy atom. The van der Waals surface area contributed by atoms with E-state index in [0.29, 0.717) is 5.82 Å². The van der Waals surface area contributed by atoms with Crippen molar-refractivity contribution in [1.82, 2.24) is 14.1 Å². The average molecular weight is 380 g/mol. The predicted molar refractivity (Wildman–Crippen MR) is 95.0 cm³/mol. The van der Waals surface area contributed by atoms with Gasteiger partial charge in [-0.05, 0) is 31.0 Å². The number of fused-ring (bicyclic) bond motifs is 1. The second-order valence-electron chi connectivity index (χ2n) is 6.03. The maximum absolute atomic E-state index is 14.1. The number of carbonyl (C=O) groups excluding carboxylic acids is 1. The van der Waals surface area contributed by atoms with Crippen molar-refractivity contribution in [1.29, 1.82) is 0 Å². The van der Waals surface area contributed by atoms with Crippen LogP contribution in [0.2, 0.25) is 0 Å². The molecule has 0 radical (unpaired) electrons. The summed E-state index contributed by atoms with van der Waals surface area (Å²) in [6, 6.07) is 4.99. The highest BCUT2D eigenvalue weighted by molar-refractivity contribution is 7.89. The van der Waals surface area contributed by atoms with E-state index >= 15 is 0 Å². The molecule has 0 atom stereocenters. The minimum atomic E-state index is -3.78. The Morgan fingerprint density at radius 2 is 2.04 bits per heavy atom. The Balaban J connectivity index is 1.88. The van der Waals surface area contributed by atoms with Crippen molar-refractivity contribution in [3.05, 3.63) is 41.3 Å². The van der Waals surface area contributed by atoms with Gasteiger partial charge in [-0.25, -0.2) is 12.8 Å². The number of rotatable bonds is 6. The molecule has 0 aliphatic carbocycles. The molecule has 0 fully saturated rings. The van der Waals surface area contributed by atoms with Crippen molar-refractivity contribution >= 4 is 21.7 Å². The summed E-state index contributed by atoms with van der Waals surface area (Å²) in [5, 5.41) is 6.79. The van der Waals surface area contributed by atoms with Gasteiger partial charge in [0.05, 0.1) is 10.5 Å². The molecule has 2 heterocycles. The van der Waals surface area contributed by atoms with Crippen molar-refractivity contribution < 1.29 is 17.6 Å². The molecule has 0 bridgehead atoms. The number of nitrogens with one attached hydrogen (secondary N) is 1. The highest BCUT2D eigenvalue weighted by Gasteiger charge is 2.25. The summed E-state index contributed by atoms with van der Waals surface area (Å²) in [5.41, 5.74) is 0.685. The van der Waals surface area contributed by atoms with Crippen molar-refractivity contribution in [3.63, 3.8) is 0 Å². The van der Waals surface area contributed by atoms with Gasteiger partial charge in [-0.3, -0.25) is 9.48 Å². The number of benzene rings is 1. The second-order valence-corrected chi connectivity index (χ2v) is 7.97. The molecule has 0 spiro atoms. The fraction of sp³-hybridized carbons (Fsp3) is 0.412. The molecular formula is C17H21FN4O3S. The van der Waals surface area contributed by atoms with E-state index < -0.39 is 21.7 Å². The summed E-state index contributed by atoms with van der Waals surface area (Å²) in [6.45, 7) is 4.80. The maximum Gasteiger partial charge on any atom is 0.259 e. The standard InChI is InChI=1S/C17H21FN4O3S/c1-3-21(4-2)26(24,25)13-7-8-15(18)14(11-13)17(23)19-16-10-12-6-5-9-22(12)20-16/h7-8,10-11H,3-6,9H2,1-2H3,(H,19,20,23). The molecule has 1 amide bonds. The molecule has 2 aromatic rings. The Hall–Kier alpha value is -2.26. The fourth-order valence-electron chi connectivity index (χ4n) is 3.06. The molecule has 0 saturated heterocycles. The zero-order valence-electron chi connectivity index (χ0n) is 14.7. The van der Waals surface area contributed by atoms with E-state index in [-0.39, 0.29) is 23.5 Å². The van der Waals surface area contributed by atoms with Crippen LogP contribution in [0.25, 0.3) is 0 Å². The second kappa shape index (κ2) is 7.16. The summed E-state index contributed by atoms with van der Waals surface area (Å²) in [4.78, 5) is 12.3. The number of nitrogens with zero attached hydrogens (tertiary/aromatic N) is 3. The van der Waals surface area contributed by atoms with E-state index in [1.54, 1.807) is 24.6 Å². The monoisotopic (exact) mass is 380 g/mol. The van der Waals surface area contributed by atoms with E-state index in [1.165, 1.54) is 10.4 Å². The third-order valence-electron chi connectivity index (χ3n) is 4.43. The SMILES string of the molecule is CCN(CC)S(=O)(=O)c1ccc(F)c(C(=O)Nc2cc3n(n2)CCC3)c1. The van der Waals surface area contributed by atoms with Crippen LogP contribution in [0.1, 0.15) is 36.3 Å². The van der Waals surface area contributed by atoms with Crippen LogP contribution in [-0.4, -0.2) is 41.5 Å². The van der Waals surface area contributed by atoms with Crippen molar-refractivity contribution in [3.8, 4) is 0 Å². The predicted octanol–water partition coefficient (Wildman–Crippen LogP) is 2.25. The average Bonchev–Trinajstić information content (AvgIpc) is 3.17. The Bertz CT molecular complexity index is 914. The molecule has 140 valence electrons. The third kappa shape index (κ3) is 3.36. The summed E-state index contributed by atoms with van der Waals surface area (Å²) >= 11 is 0. The van der Waals surface area contributed by atoms with Gasteiger partial charge >= 0.3 is 0 Å². The molecule has 9 heteroatoms. The number of aryl methyl sites for hydroxylation is 2. The van der Waals surface area contributed by atoms with Crippen LogP contribution in [-0.2, 0) is 23.0 Å². The van der Waals surface area contributed by atoms with Gasteiger partial charge in [-0.15, -0.1) is 0 Å². The molecule has 1 N–H and O–H groups in total. The third-order valence-corrected chi connectivity index (χ3v) is 6.48. The smallest absolute Gasteiger partial charge is 0.259 e. The van der Waals surface area contributed by atoms with Crippen molar-refractivity contribution in [2.75, 3.05) is 18.4 Å². The minimum Gasteiger partial charge on any atom is -0.305 e. The first-order valence-corrected chi connectivity index (χ1v) is 9.98. The molecule has 1 aliphatic rings. The quantitative estimate of drug-likeness (QED) is 0.833. The lowest BCUT2D eigenvalue weighted by Gasteiger charge is -2.18. The van der Waals surface area contributed by atoms with Crippen LogP contribution in [0.5, 0.6) is 0 Å². The lowest BCUT2D eigenvalue weighted by molar-refractivity contribution is 0.102. The summed E-state index contributed by atoms with van der Waals surface area (Å²) < 4.78 is 42.4. The number of hydrogen-bond donors (Lipinski definition) is 1. The van der Waals surface area contributed by atoms with E-state index in [2.05, 4.69) is 10.4 Å². The largest absolute Gasteiger partial charge is 0.305 e. The van der Waals surface area contributed by atoms with Crippen molar-refractivity contribution in [2.24, 2.45) is 0 Å². The lowest BCUT2D eigenvalue weighted by atomic mass is 10.2. The molecule has 7 nitrogen and oxygen atoms in total. The molecule has 1 aliphatic heterocycles. The Kier molecular flexibility index (Phi) is 5.10. The first-order valence-electron chi connectivity index (χ1n) is 8.54. The van der Waals surface area contributed by atoms with Crippen LogP contribution in [0.15, 0.2) is 29.2 Å². The van der Waals surface area contributed by atoms with E-state index in [0.717, 1.165) is 37.2 Å². The number of anilines is 1. The van der Waals surface area contributed by atoms with Crippen LogP contribution in [0, 0.1) is 5.82 Å². The molecule has 0 saturated carbocycles. The van der Waals surface area contributed by atoms with E-state index in [1.807, 2.05) is 0 Å². The highest BCUT2D eigenvalue weighted by Crippen LogP contribution is 2.22. The van der Waals surface area contributed by atoms with Gasteiger partial charge in [-0.1, -0.05) is 13.8 Å². The molecular weight excluding hydrogens is 359 g/mol. The lowest BCUT2D eigenvalue weighted by Crippen LogP contribution is -2.31. The van der Waals surface area contributed by atoms with E-state index in [9.17, 15) is 17.6 Å².